The van der Waals surface area contributed by atoms with Crippen molar-refractivity contribution in [3.63, 3.8) is 0 Å². The highest BCUT2D eigenvalue weighted by atomic mass is 16.6. The summed E-state index contributed by atoms with van der Waals surface area (Å²) in [5, 5.41) is 0. The van der Waals surface area contributed by atoms with Gasteiger partial charge in [-0.1, -0.05) is 20.8 Å². The molecule has 11 heavy (non-hydrogen) atoms. The maximum absolute atomic E-state index is 5.35. The van der Waals surface area contributed by atoms with Crippen LogP contribution in [-0.4, -0.2) is 12.2 Å². The van der Waals surface area contributed by atoms with Crippen LogP contribution < -0.4 is 0 Å². The molecule has 1 heterocycles. The number of ether oxygens (including phenoxy) is 1. The molecule has 0 aromatic rings. The third kappa shape index (κ3) is 2.82. The molecule has 1 aliphatic heterocycles. The van der Waals surface area contributed by atoms with Gasteiger partial charge in [0.2, 0.25) is 0 Å². The molecule has 3 unspecified atom stereocenters. The average Bonchev–Trinajstić information content (AvgIpc) is 2.61. The molecule has 0 bridgehead atoms. The van der Waals surface area contributed by atoms with Crippen LogP contribution in [0.15, 0.2) is 0 Å². The van der Waals surface area contributed by atoms with Gasteiger partial charge in [0.1, 0.15) is 0 Å². The summed E-state index contributed by atoms with van der Waals surface area (Å²) in [6.45, 7) is 9.08. The van der Waals surface area contributed by atoms with Crippen LogP contribution in [0.1, 0.15) is 40.5 Å². The van der Waals surface area contributed by atoms with E-state index in [1.807, 2.05) is 0 Å². The van der Waals surface area contributed by atoms with Crippen LogP contribution in [-0.2, 0) is 4.74 Å². The van der Waals surface area contributed by atoms with Gasteiger partial charge in [-0.15, -0.1) is 0 Å². The maximum atomic E-state index is 5.35. The van der Waals surface area contributed by atoms with Crippen molar-refractivity contribution in [3.8, 4) is 0 Å². The first-order valence-electron chi connectivity index (χ1n) is 4.76. The molecule has 3 atom stereocenters. The van der Waals surface area contributed by atoms with Gasteiger partial charge in [0.15, 0.2) is 0 Å². The maximum Gasteiger partial charge on any atom is 0.0839 e. The van der Waals surface area contributed by atoms with Gasteiger partial charge in [0.05, 0.1) is 12.2 Å². The van der Waals surface area contributed by atoms with Gasteiger partial charge in [0, 0.05) is 0 Å². The van der Waals surface area contributed by atoms with Crippen molar-refractivity contribution in [1.29, 1.82) is 0 Å². The second-order valence-electron chi connectivity index (χ2n) is 4.18. The van der Waals surface area contributed by atoms with Crippen molar-refractivity contribution in [1.82, 2.24) is 0 Å². The molecular formula is C10H20O. The van der Waals surface area contributed by atoms with Gasteiger partial charge in [-0.05, 0) is 31.6 Å². The summed E-state index contributed by atoms with van der Waals surface area (Å²) in [4.78, 5) is 0. The molecular weight excluding hydrogens is 136 g/mol. The second-order valence-corrected chi connectivity index (χ2v) is 4.18. The van der Waals surface area contributed by atoms with E-state index < -0.39 is 0 Å². The Hall–Kier alpha value is -0.0400. The minimum atomic E-state index is 0.550. The lowest BCUT2D eigenvalue weighted by atomic mass is 9.92. The highest BCUT2D eigenvalue weighted by Gasteiger charge is 2.33. The molecule has 1 rings (SSSR count). The van der Waals surface area contributed by atoms with E-state index in [9.17, 15) is 0 Å². The highest BCUT2D eigenvalue weighted by molar-refractivity contribution is 4.80. The van der Waals surface area contributed by atoms with E-state index in [-0.39, 0.29) is 0 Å². The summed E-state index contributed by atoms with van der Waals surface area (Å²) < 4.78 is 5.35. The van der Waals surface area contributed by atoms with Crippen LogP contribution in [0.4, 0.5) is 0 Å². The van der Waals surface area contributed by atoms with Crippen molar-refractivity contribution in [2.24, 2.45) is 11.8 Å². The summed E-state index contributed by atoms with van der Waals surface area (Å²) in [6, 6.07) is 0. The minimum absolute atomic E-state index is 0.550. The quantitative estimate of drug-likeness (QED) is 0.570. The number of hydrogen-bond donors (Lipinski definition) is 0. The first kappa shape index (κ1) is 9.05. The first-order valence-corrected chi connectivity index (χ1v) is 4.76. The molecule has 0 saturated carbocycles. The zero-order chi connectivity index (χ0) is 8.43. The van der Waals surface area contributed by atoms with Gasteiger partial charge in [0.25, 0.3) is 0 Å². The summed E-state index contributed by atoms with van der Waals surface area (Å²) >= 11 is 0. The molecule has 1 saturated heterocycles. The second kappa shape index (κ2) is 3.57. The van der Waals surface area contributed by atoms with Gasteiger partial charge in [-0.3, -0.25) is 0 Å². The fourth-order valence-electron chi connectivity index (χ4n) is 1.29. The number of rotatable bonds is 4. The van der Waals surface area contributed by atoms with Crippen molar-refractivity contribution < 1.29 is 4.74 Å². The largest absolute Gasteiger partial charge is 0.370 e. The fraction of sp³-hybridized carbons (Fsp3) is 1.00. The molecule has 66 valence electrons. The smallest absolute Gasteiger partial charge is 0.0839 e. The van der Waals surface area contributed by atoms with E-state index in [4.69, 9.17) is 4.74 Å². The third-order valence-corrected chi connectivity index (χ3v) is 2.88. The fourth-order valence-corrected chi connectivity index (χ4v) is 1.29. The number of hydrogen-bond acceptors (Lipinski definition) is 1. The Morgan fingerprint density at radius 3 is 2.18 bits per heavy atom. The van der Waals surface area contributed by atoms with E-state index >= 15 is 0 Å². The zero-order valence-corrected chi connectivity index (χ0v) is 8.13. The number of epoxide rings is 1. The van der Waals surface area contributed by atoms with Gasteiger partial charge >= 0.3 is 0 Å². The van der Waals surface area contributed by atoms with E-state index in [0.29, 0.717) is 12.2 Å². The van der Waals surface area contributed by atoms with E-state index in [1.165, 1.54) is 12.8 Å². The molecule has 1 heteroatoms. The van der Waals surface area contributed by atoms with Crippen LogP contribution in [0.3, 0.4) is 0 Å². The van der Waals surface area contributed by atoms with Crippen LogP contribution in [0.25, 0.3) is 0 Å². The van der Waals surface area contributed by atoms with Gasteiger partial charge in [-0.2, -0.15) is 0 Å². The monoisotopic (exact) mass is 156 g/mol. The minimum Gasteiger partial charge on any atom is -0.370 e. The SMILES string of the molecule is CC(C)C(C)CCC1OC1C. The average molecular weight is 156 g/mol. The first-order chi connectivity index (χ1) is 5.11. The van der Waals surface area contributed by atoms with Crippen LogP contribution in [0.5, 0.6) is 0 Å². The van der Waals surface area contributed by atoms with Crippen LogP contribution in [0, 0.1) is 11.8 Å². The third-order valence-electron chi connectivity index (χ3n) is 2.88. The molecule has 0 aromatic carbocycles. The Balaban J connectivity index is 2.03. The normalized spacial score (nSPS) is 32.5. The summed E-state index contributed by atoms with van der Waals surface area (Å²) in [7, 11) is 0. The molecule has 0 aromatic heterocycles. The Morgan fingerprint density at radius 2 is 1.82 bits per heavy atom. The Bertz CT molecular complexity index is 120. The molecule has 0 aliphatic carbocycles. The van der Waals surface area contributed by atoms with E-state index in [2.05, 4.69) is 27.7 Å². The molecule has 1 aliphatic rings. The zero-order valence-electron chi connectivity index (χ0n) is 8.13. The molecule has 0 N–H and O–H groups in total. The van der Waals surface area contributed by atoms with Crippen molar-refractivity contribution in [2.75, 3.05) is 0 Å². The molecule has 0 amide bonds. The molecule has 0 radical (unpaired) electrons. The predicted molar refractivity (Wildman–Crippen MR) is 47.6 cm³/mol. The predicted octanol–water partition coefficient (Wildman–Crippen LogP) is 2.85. The van der Waals surface area contributed by atoms with Crippen LogP contribution in [0.2, 0.25) is 0 Å². The summed E-state index contributed by atoms with van der Waals surface area (Å²) in [5.74, 6) is 1.68. The van der Waals surface area contributed by atoms with Gasteiger partial charge < -0.3 is 4.74 Å². The molecule has 1 fully saturated rings. The molecule has 0 spiro atoms. The van der Waals surface area contributed by atoms with Crippen molar-refractivity contribution in [2.45, 2.75) is 52.7 Å². The molecule has 1 nitrogen and oxygen atoms in total. The lowest BCUT2D eigenvalue weighted by molar-refractivity contribution is 0.329. The topological polar surface area (TPSA) is 12.5 Å². The van der Waals surface area contributed by atoms with E-state index in [1.54, 1.807) is 0 Å². The Morgan fingerprint density at radius 1 is 1.27 bits per heavy atom. The standard InChI is InChI=1S/C10H20O/c1-7(2)8(3)5-6-10-9(4)11-10/h7-10H,5-6H2,1-4H3. The lowest BCUT2D eigenvalue weighted by Crippen LogP contribution is -2.05. The van der Waals surface area contributed by atoms with E-state index in [0.717, 1.165) is 11.8 Å². The van der Waals surface area contributed by atoms with Gasteiger partial charge in [-0.25, -0.2) is 0 Å². The van der Waals surface area contributed by atoms with Crippen molar-refractivity contribution >= 4 is 0 Å². The Kier molecular flexibility index (Phi) is 2.94. The highest BCUT2D eigenvalue weighted by Crippen LogP contribution is 2.28. The summed E-state index contributed by atoms with van der Waals surface area (Å²) in [6.07, 6.45) is 3.73. The van der Waals surface area contributed by atoms with Crippen molar-refractivity contribution in [3.05, 3.63) is 0 Å². The lowest BCUT2D eigenvalue weighted by Gasteiger charge is -2.13. The Labute approximate surface area is 70.1 Å². The summed E-state index contributed by atoms with van der Waals surface area (Å²) in [5.41, 5.74) is 0. The van der Waals surface area contributed by atoms with Crippen LogP contribution >= 0.6 is 0 Å².